The van der Waals surface area contributed by atoms with Crippen LogP contribution in [0, 0.1) is 24.0 Å². The van der Waals surface area contributed by atoms with Crippen LogP contribution in [0.1, 0.15) is 11.3 Å². The highest BCUT2D eigenvalue weighted by Crippen LogP contribution is 2.31. The molecule has 0 amide bonds. The van der Waals surface area contributed by atoms with Gasteiger partial charge >= 0.3 is 5.69 Å². The van der Waals surface area contributed by atoms with E-state index >= 15 is 0 Å². The number of hydrogen-bond acceptors (Lipinski definition) is 4. The summed E-state index contributed by atoms with van der Waals surface area (Å²) < 4.78 is 6.46. The molecule has 5 nitrogen and oxygen atoms in total. The fourth-order valence-electron chi connectivity index (χ4n) is 1.53. The minimum Gasteiger partial charge on any atom is -0.434 e. The van der Waals surface area contributed by atoms with Crippen molar-refractivity contribution in [2.45, 2.75) is 13.8 Å². The zero-order chi connectivity index (χ0) is 14.0. The van der Waals surface area contributed by atoms with Crippen LogP contribution in [0.15, 0.2) is 34.8 Å². The molecule has 6 heteroatoms. The van der Waals surface area contributed by atoms with E-state index in [4.69, 9.17) is 4.74 Å². The topological polar surface area (TPSA) is 65.3 Å². The molecule has 0 saturated carbocycles. The van der Waals surface area contributed by atoms with E-state index < -0.39 is 4.92 Å². The molecule has 0 atom stereocenters. The molecule has 0 unspecified atom stereocenters. The van der Waals surface area contributed by atoms with Crippen LogP contribution in [0.25, 0.3) is 0 Å². The number of aromatic nitrogens is 1. The molecular weight excluding hydrogens is 312 g/mol. The maximum absolute atomic E-state index is 10.9. The first-order valence-corrected chi connectivity index (χ1v) is 6.32. The van der Waals surface area contributed by atoms with E-state index in [-0.39, 0.29) is 11.6 Å². The van der Waals surface area contributed by atoms with Gasteiger partial charge in [-0.25, -0.2) is 4.98 Å². The van der Waals surface area contributed by atoms with Gasteiger partial charge in [0.05, 0.1) is 4.92 Å². The zero-order valence-electron chi connectivity index (χ0n) is 10.4. The van der Waals surface area contributed by atoms with Crippen molar-refractivity contribution in [3.63, 3.8) is 0 Å². The van der Waals surface area contributed by atoms with Crippen molar-refractivity contribution in [1.82, 2.24) is 4.98 Å². The second-order valence-corrected chi connectivity index (χ2v) is 4.90. The van der Waals surface area contributed by atoms with Gasteiger partial charge < -0.3 is 4.74 Å². The van der Waals surface area contributed by atoms with Crippen molar-refractivity contribution in [1.29, 1.82) is 0 Å². The summed E-state index contributed by atoms with van der Waals surface area (Å²) in [6.07, 6.45) is 0. The summed E-state index contributed by atoms with van der Waals surface area (Å²) in [5.74, 6) is 0.522. The Morgan fingerprint density at radius 2 is 2.00 bits per heavy atom. The Morgan fingerprint density at radius 3 is 2.63 bits per heavy atom. The summed E-state index contributed by atoms with van der Waals surface area (Å²) in [5.41, 5.74) is 1.49. The van der Waals surface area contributed by atoms with E-state index in [9.17, 15) is 10.1 Å². The van der Waals surface area contributed by atoms with Gasteiger partial charge in [0.2, 0.25) is 0 Å². The van der Waals surface area contributed by atoms with Gasteiger partial charge in [-0.05, 0) is 43.7 Å². The van der Waals surface area contributed by atoms with Crippen LogP contribution in [0.5, 0.6) is 11.6 Å². The van der Waals surface area contributed by atoms with Crippen molar-refractivity contribution >= 4 is 21.6 Å². The number of aryl methyl sites for hydroxylation is 2. The number of hydrogen-bond donors (Lipinski definition) is 0. The lowest BCUT2D eigenvalue weighted by Crippen LogP contribution is -1.97. The summed E-state index contributed by atoms with van der Waals surface area (Å²) >= 11 is 3.38. The first-order chi connectivity index (χ1) is 8.97. The first-order valence-electron chi connectivity index (χ1n) is 5.53. The van der Waals surface area contributed by atoms with Crippen molar-refractivity contribution in [3.05, 3.63) is 56.2 Å². The minimum absolute atomic E-state index is 0.00622. The fourth-order valence-corrected chi connectivity index (χ4v) is 1.78. The standard InChI is InChI=1S/C13H11BrN2O3/c1-8-7-10(4-5-11(8)14)19-13-12(16(17)18)6-3-9(2)15-13/h3-7H,1-2H3. The van der Waals surface area contributed by atoms with Crippen LogP contribution in [-0.4, -0.2) is 9.91 Å². The third-order valence-corrected chi connectivity index (χ3v) is 3.41. The molecule has 0 radical (unpaired) electrons. The van der Waals surface area contributed by atoms with Gasteiger partial charge in [0, 0.05) is 16.2 Å². The van der Waals surface area contributed by atoms with Gasteiger partial charge in [0.1, 0.15) is 5.75 Å². The molecule has 2 rings (SSSR count). The van der Waals surface area contributed by atoms with Crippen molar-refractivity contribution in [3.8, 4) is 11.6 Å². The van der Waals surface area contributed by atoms with E-state index in [0.29, 0.717) is 11.4 Å². The second-order valence-electron chi connectivity index (χ2n) is 4.05. The highest BCUT2D eigenvalue weighted by molar-refractivity contribution is 9.10. The molecule has 1 aromatic carbocycles. The summed E-state index contributed by atoms with van der Waals surface area (Å²) in [4.78, 5) is 14.5. The number of ether oxygens (including phenoxy) is 1. The van der Waals surface area contributed by atoms with Crippen LogP contribution < -0.4 is 4.74 Å². The molecule has 0 N–H and O–H groups in total. The summed E-state index contributed by atoms with van der Waals surface area (Å²) in [5, 5.41) is 10.9. The first kappa shape index (κ1) is 13.5. The zero-order valence-corrected chi connectivity index (χ0v) is 12.0. The van der Waals surface area contributed by atoms with Crippen LogP contribution in [0.4, 0.5) is 5.69 Å². The van der Waals surface area contributed by atoms with Gasteiger partial charge in [0.25, 0.3) is 5.88 Å². The molecule has 19 heavy (non-hydrogen) atoms. The molecule has 0 fully saturated rings. The molecule has 2 aromatic rings. The Balaban J connectivity index is 2.39. The van der Waals surface area contributed by atoms with Crippen LogP contribution in [0.3, 0.4) is 0 Å². The summed E-state index contributed by atoms with van der Waals surface area (Å²) in [6, 6.07) is 8.32. The highest BCUT2D eigenvalue weighted by atomic mass is 79.9. The van der Waals surface area contributed by atoms with E-state index in [1.165, 1.54) is 6.07 Å². The molecule has 0 aliphatic carbocycles. The molecule has 1 aromatic heterocycles. The monoisotopic (exact) mass is 322 g/mol. The molecule has 0 aliphatic heterocycles. The predicted molar refractivity (Wildman–Crippen MR) is 74.6 cm³/mol. The Morgan fingerprint density at radius 1 is 1.26 bits per heavy atom. The lowest BCUT2D eigenvalue weighted by Gasteiger charge is -2.07. The number of pyridine rings is 1. The fraction of sp³-hybridized carbons (Fsp3) is 0.154. The number of nitro groups is 1. The highest BCUT2D eigenvalue weighted by Gasteiger charge is 2.17. The molecule has 0 bridgehead atoms. The van der Waals surface area contributed by atoms with Gasteiger partial charge in [0.15, 0.2) is 0 Å². The molecule has 0 aliphatic rings. The van der Waals surface area contributed by atoms with E-state index in [0.717, 1.165) is 10.0 Å². The Kier molecular flexibility index (Phi) is 3.80. The van der Waals surface area contributed by atoms with E-state index in [1.807, 2.05) is 13.0 Å². The molecule has 0 spiro atoms. The van der Waals surface area contributed by atoms with Gasteiger partial charge in [-0.1, -0.05) is 15.9 Å². The third-order valence-electron chi connectivity index (χ3n) is 2.52. The Hall–Kier alpha value is -1.95. The average molecular weight is 323 g/mol. The summed E-state index contributed by atoms with van der Waals surface area (Å²) in [7, 11) is 0. The Labute approximate surface area is 118 Å². The average Bonchev–Trinajstić information content (AvgIpc) is 2.33. The quantitative estimate of drug-likeness (QED) is 0.628. The number of rotatable bonds is 3. The van der Waals surface area contributed by atoms with Gasteiger partial charge in [-0.3, -0.25) is 10.1 Å². The molecular formula is C13H11BrN2O3. The van der Waals surface area contributed by atoms with E-state index in [1.54, 1.807) is 25.1 Å². The van der Waals surface area contributed by atoms with Crippen molar-refractivity contribution in [2.24, 2.45) is 0 Å². The largest absolute Gasteiger partial charge is 0.434 e. The lowest BCUT2D eigenvalue weighted by atomic mass is 10.2. The van der Waals surface area contributed by atoms with Gasteiger partial charge in [-0.2, -0.15) is 0 Å². The maximum atomic E-state index is 10.9. The van der Waals surface area contributed by atoms with Crippen LogP contribution >= 0.6 is 15.9 Å². The van der Waals surface area contributed by atoms with E-state index in [2.05, 4.69) is 20.9 Å². The molecule has 0 saturated heterocycles. The van der Waals surface area contributed by atoms with Crippen molar-refractivity contribution in [2.75, 3.05) is 0 Å². The Bertz CT molecular complexity index is 644. The maximum Gasteiger partial charge on any atom is 0.331 e. The van der Waals surface area contributed by atoms with Gasteiger partial charge in [-0.15, -0.1) is 0 Å². The number of nitrogens with zero attached hydrogens (tertiary/aromatic N) is 2. The molecule has 98 valence electrons. The number of halogens is 1. The van der Waals surface area contributed by atoms with Crippen molar-refractivity contribution < 1.29 is 9.66 Å². The number of benzene rings is 1. The SMILES string of the molecule is Cc1ccc([N+](=O)[O-])c(Oc2ccc(Br)c(C)c2)n1. The smallest absolute Gasteiger partial charge is 0.331 e. The lowest BCUT2D eigenvalue weighted by molar-refractivity contribution is -0.386. The van der Waals surface area contributed by atoms with Crippen LogP contribution in [0.2, 0.25) is 0 Å². The third kappa shape index (κ3) is 3.08. The van der Waals surface area contributed by atoms with Crippen LogP contribution in [-0.2, 0) is 0 Å². The predicted octanol–water partition coefficient (Wildman–Crippen LogP) is 4.16. The normalized spacial score (nSPS) is 10.3. The second kappa shape index (κ2) is 5.36. The molecule has 1 heterocycles. The minimum atomic E-state index is -0.506. The summed E-state index contributed by atoms with van der Waals surface area (Å²) in [6.45, 7) is 3.67.